The normalized spacial score (nSPS) is 10.2. The van der Waals surface area contributed by atoms with E-state index in [0.29, 0.717) is 5.69 Å². The lowest BCUT2D eigenvalue weighted by Gasteiger charge is -1.97. The summed E-state index contributed by atoms with van der Waals surface area (Å²) in [5.41, 5.74) is 1.39. The second-order valence-electron chi connectivity index (χ2n) is 2.76. The van der Waals surface area contributed by atoms with Crippen molar-refractivity contribution in [3.63, 3.8) is 0 Å². The molecule has 0 aliphatic rings. The molecule has 13 heavy (non-hydrogen) atoms. The Morgan fingerprint density at radius 1 is 1.00 bits per heavy atom. The van der Waals surface area contributed by atoms with Gasteiger partial charge in [-0.15, -0.1) is 0 Å². The first-order chi connectivity index (χ1) is 6.29. The SMILES string of the molecule is Oc1c[nH]c(-c2ccccc2)c1O. The fourth-order valence-corrected chi connectivity index (χ4v) is 1.23. The second-order valence-corrected chi connectivity index (χ2v) is 2.76. The standard InChI is InChI=1S/C10H9NO2/c12-8-6-11-9(10(8)13)7-4-2-1-3-5-7/h1-6,11-13H. The maximum atomic E-state index is 9.41. The highest BCUT2D eigenvalue weighted by atomic mass is 16.3. The minimum atomic E-state index is -0.126. The summed E-state index contributed by atoms with van der Waals surface area (Å²) in [5, 5.41) is 18.5. The Labute approximate surface area is 75.3 Å². The molecule has 0 atom stereocenters. The van der Waals surface area contributed by atoms with Gasteiger partial charge in [-0.1, -0.05) is 30.3 Å². The summed E-state index contributed by atoms with van der Waals surface area (Å²) >= 11 is 0. The van der Waals surface area contributed by atoms with Crippen LogP contribution in [-0.2, 0) is 0 Å². The van der Waals surface area contributed by atoms with Crippen LogP contribution in [0.2, 0.25) is 0 Å². The molecule has 0 saturated heterocycles. The van der Waals surface area contributed by atoms with Crippen LogP contribution in [0.3, 0.4) is 0 Å². The molecular weight excluding hydrogens is 166 g/mol. The second kappa shape index (κ2) is 2.86. The zero-order chi connectivity index (χ0) is 9.26. The number of aromatic amines is 1. The first kappa shape index (κ1) is 7.73. The van der Waals surface area contributed by atoms with Crippen LogP contribution in [0, 0.1) is 0 Å². The van der Waals surface area contributed by atoms with E-state index in [1.165, 1.54) is 6.20 Å². The highest BCUT2D eigenvalue weighted by molar-refractivity contribution is 5.69. The first-order valence-corrected chi connectivity index (χ1v) is 3.94. The van der Waals surface area contributed by atoms with Gasteiger partial charge < -0.3 is 15.2 Å². The van der Waals surface area contributed by atoms with Crippen LogP contribution in [0.5, 0.6) is 11.5 Å². The van der Waals surface area contributed by atoms with Gasteiger partial charge in [0.2, 0.25) is 0 Å². The van der Waals surface area contributed by atoms with Gasteiger partial charge in [0, 0.05) is 11.8 Å². The minimum absolute atomic E-state index is 0.105. The van der Waals surface area contributed by atoms with E-state index in [-0.39, 0.29) is 11.5 Å². The van der Waals surface area contributed by atoms with Crippen LogP contribution in [0.15, 0.2) is 36.5 Å². The van der Waals surface area contributed by atoms with Crippen LogP contribution in [0.1, 0.15) is 0 Å². The third-order valence-corrected chi connectivity index (χ3v) is 1.90. The summed E-state index contributed by atoms with van der Waals surface area (Å²) in [7, 11) is 0. The van der Waals surface area contributed by atoms with Gasteiger partial charge in [0.25, 0.3) is 0 Å². The molecule has 3 nitrogen and oxygen atoms in total. The molecule has 1 aromatic heterocycles. The van der Waals surface area contributed by atoms with E-state index in [4.69, 9.17) is 5.11 Å². The van der Waals surface area contributed by atoms with Gasteiger partial charge in [-0.05, 0) is 0 Å². The summed E-state index contributed by atoms with van der Waals surface area (Å²) in [6, 6.07) is 9.33. The van der Waals surface area contributed by atoms with Crippen LogP contribution in [0.4, 0.5) is 0 Å². The number of hydrogen-bond acceptors (Lipinski definition) is 2. The fraction of sp³-hybridized carbons (Fsp3) is 0. The molecule has 3 N–H and O–H groups in total. The van der Waals surface area contributed by atoms with E-state index >= 15 is 0 Å². The molecule has 3 heteroatoms. The number of H-pyrrole nitrogens is 1. The van der Waals surface area contributed by atoms with Crippen molar-refractivity contribution >= 4 is 0 Å². The molecule has 0 spiro atoms. The van der Waals surface area contributed by atoms with Crippen molar-refractivity contribution in [3.8, 4) is 22.8 Å². The van der Waals surface area contributed by atoms with E-state index < -0.39 is 0 Å². The Balaban J connectivity index is 2.53. The first-order valence-electron chi connectivity index (χ1n) is 3.94. The van der Waals surface area contributed by atoms with Crippen LogP contribution >= 0.6 is 0 Å². The molecule has 0 saturated carbocycles. The van der Waals surface area contributed by atoms with E-state index in [1.54, 1.807) is 0 Å². The lowest BCUT2D eigenvalue weighted by Crippen LogP contribution is -1.75. The van der Waals surface area contributed by atoms with E-state index in [0.717, 1.165) is 5.56 Å². The predicted molar refractivity (Wildman–Crippen MR) is 49.6 cm³/mol. The molecule has 1 heterocycles. The van der Waals surface area contributed by atoms with Crippen molar-refractivity contribution in [3.05, 3.63) is 36.5 Å². The molecule has 66 valence electrons. The maximum Gasteiger partial charge on any atom is 0.183 e. The average Bonchev–Trinajstić information content (AvgIpc) is 2.49. The van der Waals surface area contributed by atoms with Crippen LogP contribution in [-0.4, -0.2) is 15.2 Å². The molecule has 0 aliphatic heterocycles. The molecule has 2 rings (SSSR count). The zero-order valence-corrected chi connectivity index (χ0v) is 6.86. The molecule has 1 aromatic carbocycles. The molecular formula is C10H9NO2. The smallest absolute Gasteiger partial charge is 0.183 e. The Morgan fingerprint density at radius 2 is 1.69 bits per heavy atom. The summed E-state index contributed by atoms with van der Waals surface area (Å²) in [5.74, 6) is -0.231. The maximum absolute atomic E-state index is 9.41. The Kier molecular flexibility index (Phi) is 1.70. The Morgan fingerprint density at radius 3 is 2.23 bits per heavy atom. The van der Waals surface area contributed by atoms with Gasteiger partial charge in [-0.2, -0.15) is 0 Å². The third-order valence-electron chi connectivity index (χ3n) is 1.90. The summed E-state index contributed by atoms with van der Waals surface area (Å²) in [6.07, 6.45) is 1.36. The Hall–Kier alpha value is -1.90. The molecule has 2 aromatic rings. The lowest BCUT2D eigenvalue weighted by atomic mass is 10.1. The number of aromatic hydroxyl groups is 2. The third kappa shape index (κ3) is 1.24. The van der Waals surface area contributed by atoms with E-state index in [2.05, 4.69) is 4.98 Å². The highest BCUT2D eigenvalue weighted by Gasteiger charge is 2.09. The number of rotatable bonds is 1. The van der Waals surface area contributed by atoms with Gasteiger partial charge in [0.05, 0.1) is 5.69 Å². The summed E-state index contributed by atoms with van der Waals surface area (Å²) in [4.78, 5) is 2.79. The predicted octanol–water partition coefficient (Wildman–Crippen LogP) is 2.09. The van der Waals surface area contributed by atoms with Gasteiger partial charge in [0.1, 0.15) is 0 Å². The largest absolute Gasteiger partial charge is 0.503 e. The molecule has 0 amide bonds. The molecule has 0 bridgehead atoms. The van der Waals surface area contributed by atoms with Crippen molar-refractivity contribution in [2.24, 2.45) is 0 Å². The van der Waals surface area contributed by atoms with Crippen LogP contribution < -0.4 is 0 Å². The van der Waals surface area contributed by atoms with Crippen molar-refractivity contribution in [1.29, 1.82) is 0 Å². The van der Waals surface area contributed by atoms with Crippen molar-refractivity contribution in [2.75, 3.05) is 0 Å². The minimum Gasteiger partial charge on any atom is -0.503 e. The number of benzene rings is 1. The van der Waals surface area contributed by atoms with Crippen molar-refractivity contribution in [2.45, 2.75) is 0 Å². The number of aromatic nitrogens is 1. The van der Waals surface area contributed by atoms with Gasteiger partial charge >= 0.3 is 0 Å². The average molecular weight is 175 g/mol. The summed E-state index contributed by atoms with van der Waals surface area (Å²) in [6.45, 7) is 0. The van der Waals surface area contributed by atoms with Crippen molar-refractivity contribution in [1.82, 2.24) is 4.98 Å². The zero-order valence-electron chi connectivity index (χ0n) is 6.86. The molecule has 0 aliphatic carbocycles. The van der Waals surface area contributed by atoms with Crippen molar-refractivity contribution < 1.29 is 10.2 Å². The monoisotopic (exact) mass is 175 g/mol. The highest BCUT2D eigenvalue weighted by Crippen LogP contribution is 2.35. The lowest BCUT2D eigenvalue weighted by molar-refractivity contribution is 0.409. The van der Waals surface area contributed by atoms with Gasteiger partial charge in [-0.25, -0.2) is 0 Å². The van der Waals surface area contributed by atoms with E-state index in [9.17, 15) is 5.11 Å². The quantitative estimate of drug-likeness (QED) is 0.621. The van der Waals surface area contributed by atoms with Gasteiger partial charge in [0.15, 0.2) is 11.5 Å². The summed E-state index contributed by atoms with van der Waals surface area (Å²) < 4.78 is 0. The number of hydrogen-bond donors (Lipinski definition) is 3. The topological polar surface area (TPSA) is 56.2 Å². The Bertz CT molecular complexity index is 406. The number of nitrogens with one attached hydrogen (secondary N) is 1. The van der Waals surface area contributed by atoms with Crippen LogP contribution in [0.25, 0.3) is 11.3 Å². The van der Waals surface area contributed by atoms with E-state index in [1.807, 2.05) is 30.3 Å². The molecule has 0 radical (unpaired) electrons. The molecule has 0 fully saturated rings. The molecule has 0 unspecified atom stereocenters. The van der Waals surface area contributed by atoms with Gasteiger partial charge in [-0.3, -0.25) is 0 Å². The fourth-order valence-electron chi connectivity index (χ4n) is 1.23.